The van der Waals surface area contributed by atoms with E-state index in [1.807, 2.05) is 24.3 Å². The molecule has 0 saturated heterocycles. The highest BCUT2D eigenvalue weighted by atomic mass is 79.9. The van der Waals surface area contributed by atoms with E-state index in [4.69, 9.17) is 4.74 Å². The third kappa shape index (κ3) is 5.94. The maximum atomic E-state index is 12.9. The molecule has 0 radical (unpaired) electrons. The summed E-state index contributed by atoms with van der Waals surface area (Å²) in [5.41, 5.74) is 2.18. The van der Waals surface area contributed by atoms with Gasteiger partial charge in [0.1, 0.15) is 5.75 Å². The second-order valence-corrected chi connectivity index (χ2v) is 7.61. The van der Waals surface area contributed by atoms with Gasteiger partial charge in [0.2, 0.25) is 0 Å². The Morgan fingerprint density at radius 1 is 0.867 bits per heavy atom. The molecule has 0 atom stereocenters. The predicted molar refractivity (Wildman–Crippen MR) is 123 cm³/mol. The molecule has 5 nitrogen and oxygen atoms in total. The second-order valence-electron chi connectivity index (χ2n) is 6.70. The van der Waals surface area contributed by atoms with Crippen LogP contribution in [-0.4, -0.2) is 18.4 Å². The van der Waals surface area contributed by atoms with Crippen LogP contribution in [0, 0.1) is 0 Å². The topological polar surface area (TPSA) is 67.4 Å². The lowest BCUT2D eigenvalue weighted by Gasteiger charge is -2.13. The Kier molecular flexibility index (Phi) is 7.63. The van der Waals surface area contributed by atoms with Gasteiger partial charge in [-0.2, -0.15) is 0 Å². The van der Waals surface area contributed by atoms with Crippen LogP contribution in [0.2, 0.25) is 0 Å². The summed E-state index contributed by atoms with van der Waals surface area (Å²) in [5, 5.41) is 5.72. The molecule has 0 aliphatic rings. The Morgan fingerprint density at radius 3 is 2.27 bits per heavy atom. The number of carbonyl (C=O) groups excluding carboxylic acids is 2. The summed E-state index contributed by atoms with van der Waals surface area (Å²) >= 11 is 3.41. The summed E-state index contributed by atoms with van der Waals surface area (Å²) < 4.78 is 6.57. The van der Waals surface area contributed by atoms with Crippen molar-refractivity contribution in [2.75, 3.05) is 17.2 Å². The summed E-state index contributed by atoms with van der Waals surface area (Å²) in [6.45, 7) is 2.64. The molecule has 0 unspecified atom stereocenters. The molecule has 3 aromatic rings. The quantitative estimate of drug-likeness (QED) is 0.392. The van der Waals surface area contributed by atoms with E-state index in [1.54, 1.807) is 48.5 Å². The van der Waals surface area contributed by atoms with Crippen LogP contribution >= 0.6 is 15.9 Å². The predicted octanol–water partition coefficient (Wildman–Crippen LogP) is 6.13. The Hall–Kier alpha value is -3.12. The summed E-state index contributed by atoms with van der Waals surface area (Å²) in [4.78, 5) is 25.2. The molecule has 3 rings (SSSR count). The van der Waals surface area contributed by atoms with Crippen LogP contribution < -0.4 is 15.4 Å². The number of benzene rings is 3. The fourth-order valence-electron chi connectivity index (χ4n) is 2.80. The third-order valence-electron chi connectivity index (χ3n) is 4.36. The SMILES string of the molecule is CCCCOc1ccc(Br)cc1C(=O)Nc1cccc(NC(=O)c2ccccc2)c1. The zero-order chi connectivity index (χ0) is 21.3. The highest BCUT2D eigenvalue weighted by Gasteiger charge is 2.14. The van der Waals surface area contributed by atoms with Crippen molar-refractivity contribution in [2.24, 2.45) is 0 Å². The summed E-state index contributed by atoms with van der Waals surface area (Å²) in [7, 11) is 0. The molecule has 30 heavy (non-hydrogen) atoms. The molecule has 2 N–H and O–H groups in total. The Balaban J connectivity index is 1.72. The average molecular weight is 467 g/mol. The van der Waals surface area contributed by atoms with Crippen molar-refractivity contribution in [3.8, 4) is 5.75 Å². The van der Waals surface area contributed by atoms with Crippen molar-refractivity contribution in [1.29, 1.82) is 0 Å². The lowest BCUT2D eigenvalue weighted by atomic mass is 10.1. The third-order valence-corrected chi connectivity index (χ3v) is 4.85. The van der Waals surface area contributed by atoms with Crippen molar-refractivity contribution >= 4 is 39.1 Å². The Bertz CT molecular complexity index is 1020. The lowest BCUT2D eigenvalue weighted by Crippen LogP contribution is -2.15. The first-order valence-electron chi connectivity index (χ1n) is 9.77. The Labute approximate surface area is 184 Å². The van der Waals surface area contributed by atoms with Gasteiger partial charge in [-0.1, -0.05) is 53.5 Å². The van der Waals surface area contributed by atoms with E-state index in [0.717, 1.165) is 17.3 Å². The van der Waals surface area contributed by atoms with Gasteiger partial charge in [-0.25, -0.2) is 0 Å². The van der Waals surface area contributed by atoms with Crippen molar-refractivity contribution < 1.29 is 14.3 Å². The number of amides is 2. The van der Waals surface area contributed by atoms with Crippen LogP contribution in [-0.2, 0) is 0 Å². The molecule has 0 fully saturated rings. The van der Waals surface area contributed by atoms with Gasteiger partial charge in [0.25, 0.3) is 11.8 Å². The molecule has 3 aromatic carbocycles. The minimum atomic E-state index is -0.283. The summed E-state index contributed by atoms with van der Waals surface area (Å²) in [6.07, 6.45) is 1.93. The van der Waals surface area contributed by atoms with Gasteiger partial charge in [0.05, 0.1) is 12.2 Å². The van der Waals surface area contributed by atoms with E-state index in [-0.39, 0.29) is 11.8 Å². The molecular formula is C24H23BrN2O3. The largest absolute Gasteiger partial charge is 0.493 e. The van der Waals surface area contributed by atoms with Gasteiger partial charge in [-0.3, -0.25) is 9.59 Å². The van der Waals surface area contributed by atoms with Crippen molar-refractivity contribution in [3.63, 3.8) is 0 Å². The molecule has 0 spiro atoms. The van der Waals surface area contributed by atoms with Crippen LogP contribution in [0.1, 0.15) is 40.5 Å². The number of unbranched alkanes of at least 4 members (excludes halogenated alkanes) is 1. The normalized spacial score (nSPS) is 10.3. The monoisotopic (exact) mass is 466 g/mol. The molecule has 2 amide bonds. The van der Waals surface area contributed by atoms with Gasteiger partial charge >= 0.3 is 0 Å². The van der Waals surface area contributed by atoms with Gasteiger partial charge in [0.15, 0.2) is 0 Å². The molecule has 0 heterocycles. The van der Waals surface area contributed by atoms with E-state index in [0.29, 0.717) is 34.9 Å². The van der Waals surface area contributed by atoms with E-state index >= 15 is 0 Å². The van der Waals surface area contributed by atoms with Crippen LogP contribution in [0.3, 0.4) is 0 Å². The zero-order valence-electron chi connectivity index (χ0n) is 16.7. The first-order valence-corrected chi connectivity index (χ1v) is 10.6. The van der Waals surface area contributed by atoms with Gasteiger partial charge in [-0.15, -0.1) is 0 Å². The zero-order valence-corrected chi connectivity index (χ0v) is 18.2. The van der Waals surface area contributed by atoms with Crippen molar-refractivity contribution in [3.05, 3.63) is 88.4 Å². The van der Waals surface area contributed by atoms with Crippen LogP contribution in [0.4, 0.5) is 11.4 Å². The smallest absolute Gasteiger partial charge is 0.259 e. The van der Waals surface area contributed by atoms with Crippen molar-refractivity contribution in [2.45, 2.75) is 19.8 Å². The van der Waals surface area contributed by atoms with Gasteiger partial charge in [0, 0.05) is 21.4 Å². The number of ether oxygens (including phenoxy) is 1. The number of carbonyl (C=O) groups is 2. The average Bonchev–Trinajstić information content (AvgIpc) is 2.75. The summed E-state index contributed by atoms with van der Waals surface area (Å²) in [6, 6.07) is 21.4. The van der Waals surface area contributed by atoms with E-state index < -0.39 is 0 Å². The molecule has 0 aliphatic heterocycles. The van der Waals surface area contributed by atoms with Crippen LogP contribution in [0.25, 0.3) is 0 Å². The number of hydrogen-bond acceptors (Lipinski definition) is 3. The first kappa shape index (κ1) is 21.6. The highest BCUT2D eigenvalue weighted by molar-refractivity contribution is 9.10. The molecule has 0 saturated carbocycles. The summed E-state index contributed by atoms with van der Waals surface area (Å²) in [5.74, 6) is 0.0460. The number of halogens is 1. The maximum Gasteiger partial charge on any atom is 0.259 e. The maximum absolute atomic E-state index is 12.9. The number of anilines is 2. The van der Waals surface area contributed by atoms with Gasteiger partial charge in [-0.05, 0) is 55.0 Å². The minimum Gasteiger partial charge on any atom is -0.493 e. The fourth-order valence-corrected chi connectivity index (χ4v) is 3.16. The van der Waals surface area contributed by atoms with Gasteiger partial charge < -0.3 is 15.4 Å². The van der Waals surface area contributed by atoms with E-state index in [9.17, 15) is 9.59 Å². The fraction of sp³-hybridized carbons (Fsp3) is 0.167. The Morgan fingerprint density at radius 2 is 1.57 bits per heavy atom. The van der Waals surface area contributed by atoms with E-state index in [2.05, 4.69) is 33.5 Å². The highest BCUT2D eigenvalue weighted by Crippen LogP contribution is 2.25. The standard InChI is InChI=1S/C24H23BrN2O3/c1-2-3-14-30-22-13-12-18(25)15-21(22)24(29)27-20-11-7-10-19(16-20)26-23(28)17-8-5-4-6-9-17/h4-13,15-16H,2-3,14H2,1H3,(H,26,28)(H,27,29). The molecule has 0 bridgehead atoms. The lowest BCUT2D eigenvalue weighted by molar-refractivity contribution is 0.101. The molecule has 0 aromatic heterocycles. The van der Waals surface area contributed by atoms with E-state index in [1.165, 1.54) is 0 Å². The minimum absolute atomic E-state index is 0.210. The second kappa shape index (κ2) is 10.6. The number of hydrogen-bond donors (Lipinski definition) is 2. The van der Waals surface area contributed by atoms with Crippen molar-refractivity contribution in [1.82, 2.24) is 0 Å². The molecule has 0 aliphatic carbocycles. The number of rotatable bonds is 8. The van der Waals surface area contributed by atoms with Crippen LogP contribution in [0.15, 0.2) is 77.3 Å². The molecule has 6 heteroatoms. The molecule has 154 valence electrons. The first-order chi connectivity index (χ1) is 14.6. The van der Waals surface area contributed by atoms with Crippen LogP contribution in [0.5, 0.6) is 5.75 Å². The molecular weight excluding hydrogens is 444 g/mol. The number of nitrogens with one attached hydrogen (secondary N) is 2.